The van der Waals surface area contributed by atoms with Crippen LogP contribution in [0.4, 0.5) is 0 Å². The fraction of sp³-hybridized carbons (Fsp3) is 0.0625. The van der Waals surface area contributed by atoms with Crippen LogP contribution in [0, 0.1) is 6.92 Å². The van der Waals surface area contributed by atoms with Gasteiger partial charge in [0, 0.05) is 17.1 Å². The first kappa shape index (κ1) is 10.8. The van der Waals surface area contributed by atoms with Crippen molar-refractivity contribution in [1.29, 1.82) is 0 Å². The Kier molecular flexibility index (Phi) is 2.49. The maximum absolute atomic E-state index is 12.4. The van der Waals surface area contributed by atoms with Crippen LogP contribution in [-0.2, 0) is 0 Å². The van der Waals surface area contributed by atoms with Crippen LogP contribution in [0.2, 0.25) is 0 Å². The number of rotatable bonds is 1. The molecule has 0 spiro atoms. The molecular weight excluding hydrogens is 222 g/mol. The van der Waals surface area contributed by atoms with E-state index in [0.29, 0.717) is 5.56 Å². The zero-order valence-electron chi connectivity index (χ0n) is 10.1. The first-order chi connectivity index (χ1) is 8.75. The van der Waals surface area contributed by atoms with Crippen LogP contribution in [0.5, 0.6) is 0 Å². The first-order valence-electron chi connectivity index (χ1n) is 5.93. The van der Waals surface area contributed by atoms with E-state index in [1.807, 2.05) is 67.7 Å². The lowest BCUT2D eigenvalue weighted by atomic mass is 10.1. The molecule has 2 aromatic carbocycles. The van der Waals surface area contributed by atoms with E-state index in [1.165, 1.54) is 0 Å². The lowest BCUT2D eigenvalue weighted by molar-refractivity contribution is 0.0965. The quantitative estimate of drug-likeness (QED) is 0.631. The molecule has 0 aliphatic carbocycles. The Morgan fingerprint density at radius 1 is 0.944 bits per heavy atom. The molecule has 0 amide bonds. The van der Waals surface area contributed by atoms with Gasteiger partial charge in [0.05, 0.1) is 5.52 Å². The number of aryl methyl sites for hydroxylation is 1. The number of fused-ring (bicyclic) bond motifs is 1. The summed E-state index contributed by atoms with van der Waals surface area (Å²) < 4.78 is 1.69. The molecule has 0 bridgehead atoms. The first-order valence-corrected chi connectivity index (χ1v) is 5.93. The van der Waals surface area contributed by atoms with E-state index in [-0.39, 0.29) is 5.91 Å². The molecule has 18 heavy (non-hydrogen) atoms. The van der Waals surface area contributed by atoms with Crippen LogP contribution >= 0.6 is 0 Å². The van der Waals surface area contributed by atoms with Crippen molar-refractivity contribution in [1.82, 2.24) is 4.57 Å². The van der Waals surface area contributed by atoms with Gasteiger partial charge in [-0.25, -0.2) is 0 Å². The maximum Gasteiger partial charge on any atom is 0.262 e. The van der Waals surface area contributed by atoms with Crippen molar-refractivity contribution in [3.63, 3.8) is 0 Å². The van der Waals surface area contributed by atoms with Crippen LogP contribution in [-0.4, -0.2) is 10.5 Å². The summed E-state index contributed by atoms with van der Waals surface area (Å²) in [6.45, 7) is 2.01. The third kappa shape index (κ3) is 1.72. The highest BCUT2D eigenvalue weighted by Gasteiger charge is 2.10. The zero-order valence-corrected chi connectivity index (χ0v) is 10.1. The number of hydrogen-bond acceptors (Lipinski definition) is 1. The average molecular weight is 235 g/mol. The van der Waals surface area contributed by atoms with Gasteiger partial charge in [-0.15, -0.1) is 0 Å². The molecule has 3 aromatic rings. The molecular formula is C16H13NO. The number of para-hydroxylation sites is 1. The van der Waals surface area contributed by atoms with Crippen LogP contribution in [0.1, 0.15) is 15.9 Å². The van der Waals surface area contributed by atoms with Gasteiger partial charge in [-0.05, 0) is 31.2 Å². The SMILES string of the molecule is Cc1ccc(C(=O)n2ccc3ccccc32)cc1. The van der Waals surface area contributed by atoms with Gasteiger partial charge in [-0.1, -0.05) is 35.9 Å². The van der Waals surface area contributed by atoms with Gasteiger partial charge in [0.1, 0.15) is 0 Å². The highest BCUT2D eigenvalue weighted by atomic mass is 16.2. The Hall–Kier alpha value is -2.35. The molecule has 0 aliphatic rings. The fourth-order valence-corrected chi connectivity index (χ4v) is 2.10. The van der Waals surface area contributed by atoms with E-state index >= 15 is 0 Å². The third-order valence-electron chi connectivity index (χ3n) is 3.12. The van der Waals surface area contributed by atoms with Gasteiger partial charge in [0.2, 0.25) is 0 Å². The van der Waals surface area contributed by atoms with Crippen molar-refractivity contribution in [2.75, 3.05) is 0 Å². The summed E-state index contributed by atoms with van der Waals surface area (Å²) in [6, 6.07) is 17.5. The number of aromatic nitrogens is 1. The van der Waals surface area contributed by atoms with Crippen molar-refractivity contribution in [3.8, 4) is 0 Å². The van der Waals surface area contributed by atoms with Crippen LogP contribution in [0.15, 0.2) is 60.8 Å². The second kappa shape index (κ2) is 4.15. The summed E-state index contributed by atoms with van der Waals surface area (Å²) in [5.74, 6) is 0.0104. The predicted molar refractivity (Wildman–Crippen MR) is 72.8 cm³/mol. The Morgan fingerprint density at radius 2 is 1.67 bits per heavy atom. The molecule has 0 saturated carbocycles. The third-order valence-corrected chi connectivity index (χ3v) is 3.12. The monoisotopic (exact) mass is 235 g/mol. The van der Waals surface area contributed by atoms with E-state index in [1.54, 1.807) is 4.57 Å². The number of carbonyl (C=O) groups is 1. The second-order valence-electron chi connectivity index (χ2n) is 4.42. The average Bonchev–Trinajstić information content (AvgIpc) is 2.82. The van der Waals surface area contributed by atoms with E-state index < -0.39 is 0 Å². The molecule has 2 heteroatoms. The molecule has 0 unspecified atom stereocenters. The molecule has 0 atom stereocenters. The van der Waals surface area contributed by atoms with Crippen molar-refractivity contribution in [2.45, 2.75) is 6.92 Å². The maximum atomic E-state index is 12.4. The van der Waals surface area contributed by atoms with Crippen LogP contribution < -0.4 is 0 Å². The Morgan fingerprint density at radius 3 is 2.44 bits per heavy atom. The minimum atomic E-state index is 0.0104. The Balaban J connectivity index is 2.09. The lowest BCUT2D eigenvalue weighted by Crippen LogP contribution is -2.10. The summed E-state index contributed by atoms with van der Waals surface area (Å²) in [7, 11) is 0. The number of nitrogens with zero attached hydrogens (tertiary/aromatic N) is 1. The van der Waals surface area contributed by atoms with Gasteiger partial charge in [0.15, 0.2) is 0 Å². The van der Waals surface area contributed by atoms with E-state index in [0.717, 1.165) is 16.5 Å². The largest absolute Gasteiger partial charge is 0.283 e. The smallest absolute Gasteiger partial charge is 0.262 e. The van der Waals surface area contributed by atoms with E-state index in [2.05, 4.69) is 0 Å². The Bertz CT molecular complexity index is 707. The molecule has 0 radical (unpaired) electrons. The molecule has 0 N–H and O–H groups in total. The summed E-state index contributed by atoms with van der Waals surface area (Å²) in [5.41, 5.74) is 2.81. The molecule has 88 valence electrons. The van der Waals surface area contributed by atoms with Gasteiger partial charge >= 0.3 is 0 Å². The van der Waals surface area contributed by atoms with Gasteiger partial charge in [-0.3, -0.25) is 9.36 Å². The van der Waals surface area contributed by atoms with Gasteiger partial charge < -0.3 is 0 Å². The summed E-state index contributed by atoms with van der Waals surface area (Å²) in [6.07, 6.45) is 1.83. The molecule has 0 aliphatic heterocycles. The van der Waals surface area contributed by atoms with E-state index in [9.17, 15) is 4.79 Å². The Labute approximate surface area is 105 Å². The highest BCUT2D eigenvalue weighted by molar-refractivity contribution is 6.02. The minimum absolute atomic E-state index is 0.0104. The summed E-state index contributed by atoms with van der Waals surface area (Å²) in [5, 5.41) is 1.08. The summed E-state index contributed by atoms with van der Waals surface area (Å²) in [4.78, 5) is 12.4. The predicted octanol–water partition coefficient (Wildman–Crippen LogP) is 3.64. The van der Waals surface area contributed by atoms with E-state index in [4.69, 9.17) is 0 Å². The van der Waals surface area contributed by atoms with Crippen LogP contribution in [0.3, 0.4) is 0 Å². The standard InChI is InChI=1S/C16H13NO/c1-12-6-8-14(9-7-12)16(18)17-11-10-13-4-2-3-5-15(13)17/h2-11H,1H3. The van der Waals surface area contributed by atoms with Crippen molar-refractivity contribution in [3.05, 3.63) is 71.9 Å². The highest BCUT2D eigenvalue weighted by Crippen LogP contribution is 2.17. The van der Waals surface area contributed by atoms with Crippen molar-refractivity contribution < 1.29 is 4.79 Å². The van der Waals surface area contributed by atoms with Crippen LogP contribution in [0.25, 0.3) is 10.9 Å². The molecule has 3 rings (SSSR count). The van der Waals surface area contributed by atoms with Gasteiger partial charge in [0.25, 0.3) is 5.91 Å². The fourth-order valence-electron chi connectivity index (χ4n) is 2.10. The topological polar surface area (TPSA) is 22.0 Å². The zero-order chi connectivity index (χ0) is 12.5. The van der Waals surface area contributed by atoms with Crippen molar-refractivity contribution in [2.24, 2.45) is 0 Å². The number of hydrogen-bond donors (Lipinski definition) is 0. The molecule has 2 nitrogen and oxygen atoms in total. The minimum Gasteiger partial charge on any atom is -0.283 e. The second-order valence-corrected chi connectivity index (χ2v) is 4.42. The normalized spacial score (nSPS) is 10.7. The lowest BCUT2D eigenvalue weighted by Gasteiger charge is -2.04. The molecule has 1 aromatic heterocycles. The molecule has 1 heterocycles. The molecule has 0 fully saturated rings. The summed E-state index contributed by atoms with van der Waals surface area (Å²) >= 11 is 0. The number of benzene rings is 2. The number of carbonyl (C=O) groups excluding carboxylic acids is 1. The van der Waals surface area contributed by atoms with Crippen molar-refractivity contribution >= 4 is 16.8 Å². The van der Waals surface area contributed by atoms with Gasteiger partial charge in [-0.2, -0.15) is 0 Å². The molecule has 0 saturated heterocycles.